The van der Waals surface area contributed by atoms with Crippen LogP contribution in [0.15, 0.2) is 24.3 Å². The Morgan fingerprint density at radius 3 is 1.58 bits per heavy atom. The van der Waals surface area contributed by atoms with Crippen LogP contribution < -0.4 is 9.80 Å². The van der Waals surface area contributed by atoms with Crippen molar-refractivity contribution < 1.29 is 0 Å². The fraction of sp³-hybridized carbons (Fsp3) is 0.364. The normalized spacial score (nSPS) is 14.2. The van der Waals surface area contributed by atoms with Crippen LogP contribution in [0.2, 0.25) is 0 Å². The number of hydrogen-bond acceptors (Lipinski definition) is 2. The molecule has 1 aliphatic heterocycles. The summed E-state index contributed by atoms with van der Waals surface area (Å²) in [6, 6.07) is 8.80. The second kappa shape index (κ2) is 6.24. The predicted molar refractivity (Wildman–Crippen MR) is 104 cm³/mol. The third-order valence-corrected chi connectivity index (χ3v) is 4.91. The van der Waals surface area contributed by atoms with E-state index in [1.165, 1.54) is 39.2 Å². The van der Waals surface area contributed by atoms with E-state index in [0.717, 1.165) is 25.3 Å². The number of terminal acetylenes is 1. The highest BCUT2D eigenvalue weighted by molar-refractivity contribution is 5.67. The van der Waals surface area contributed by atoms with E-state index in [2.05, 4.69) is 74.6 Å². The molecule has 2 heteroatoms. The number of nitrogens with zero attached hydrogens (tertiary/aromatic N) is 2. The first-order valence-electron chi connectivity index (χ1n) is 8.56. The van der Waals surface area contributed by atoms with Crippen LogP contribution in [-0.2, 0) is 0 Å². The van der Waals surface area contributed by atoms with Gasteiger partial charge >= 0.3 is 0 Å². The van der Waals surface area contributed by atoms with E-state index in [9.17, 15) is 0 Å². The SMILES string of the molecule is C#Cc1cc(C)c(N2CCN(c3c(C)cc(C)cc3C)C2)c(C)c1. The molecule has 2 aromatic rings. The van der Waals surface area contributed by atoms with Crippen LogP contribution >= 0.6 is 0 Å². The molecule has 3 rings (SSSR count). The molecule has 0 radical (unpaired) electrons. The molecule has 1 fully saturated rings. The summed E-state index contributed by atoms with van der Waals surface area (Å²) in [6.45, 7) is 14.0. The van der Waals surface area contributed by atoms with Gasteiger partial charge in [0.1, 0.15) is 0 Å². The molecule has 24 heavy (non-hydrogen) atoms. The zero-order valence-electron chi connectivity index (χ0n) is 15.4. The number of benzene rings is 2. The topological polar surface area (TPSA) is 6.48 Å². The molecule has 2 nitrogen and oxygen atoms in total. The van der Waals surface area contributed by atoms with Crippen LogP contribution in [0.25, 0.3) is 0 Å². The van der Waals surface area contributed by atoms with Crippen molar-refractivity contribution in [2.45, 2.75) is 34.6 Å². The van der Waals surface area contributed by atoms with Crippen LogP contribution in [-0.4, -0.2) is 19.8 Å². The molecular formula is C22H26N2. The molecular weight excluding hydrogens is 292 g/mol. The molecule has 0 unspecified atom stereocenters. The molecule has 0 saturated carbocycles. The van der Waals surface area contributed by atoms with Gasteiger partial charge in [-0.3, -0.25) is 0 Å². The standard InChI is InChI=1S/C22H26N2/c1-7-20-12-18(5)22(19(6)13-20)24-9-8-23(14-24)21-16(3)10-15(2)11-17(21)4/h1,10-13H,8-9,14H2,2-6H3. The molecule has 1 aliphatic rings. The van der Waals surface area contributed by atoms with Crippen molar-refractivity contribution in [3.63, 3.8) is 0 Å². The van der Waals surface area contributed by atoms with E-state index in [1.54, 1.807) is 0 Å². The van der Waals surface area contributed by atoms with E-state index in [4.69, 9.17) is 6.42 Å². The Labute approximate surface area is 146 Å². The Morgan fingerprint density at radius 2 is 1.17 bits per heavy atom. The van der Waals surface area contributed by atoms with Crippen molar-refractivity contribution in [3.8, 4) is 12.3 Å². The zero-order chi connectivity index (χ0) is 17.4. The summed E-state index contributed by atoms with van der Waals surface area (Å²) >= 11 is 0. The molecule has 124 valence electrons. The third kappa shape index (κ3) is 2.87. The van der Waals surface area contributed by atoms with Gasteiger partial charge in [0.15, 0.2) is 0 Å². The van der Waals surface area contributed by atoms with Gasteiger partial charge in [-0.2, -0.15) is 0 Å². The fourth-order valence-corrected chi connectivity index (χ4v) is 4.16. The first-order valence-corrected chi connectivity index (χ1v) is 8.56. The van der Waals surface area contributed by atoms with Crippen LogP contribution in [0.4, 0.5) is 11.4 Å². The molecule has 0 spiro atoms. The lowest BCUT2D eigenvalue weighted by Gasteiger charge is -2.26. The molecule has 0 bridgehead atoms. The molecule has 2 aromatic carbocycles. The first-order chi connectivity index (χ1) is 11.4. The van der Waals surface area contributed by atoms with Crippen molar-refractivity contribution in [2.75, 3.05) is 29.6 Å². The lowest BCUT2D eigenvalue weighted by Crippen LogP contribution is -2.27. The maximum absolute atomic E-state index is 5.56. The first kappa shape index (κ1) is 16.5. The number of anilines is 2. The third-order valence-electron chi connectivity index (χ3n) is 4.91. The molecule has 1 heterocycles. The maximum atomic E-state index is 5.56. The smallest absolute Gasteiger partial charge is 0.0904 e. The van der Waals surface area contributed by atoms with Crippen LogP contribution in [0.3, 0.4) is 0 Å². The van der Waals surface area contributed by atoms with E-state index >= 15 is 0 Å². The van der Waals surface area contributed by atoms with Gasteiger partial charge in [-0.05, 0) is 69.0 Å². The monoisotopic (exact) mass is 318 g/mol. The van der Waals surface area contributed by atoms with Gasteiger partial charge in [0.25, 0.3) is 0 Å². The molecule has 0 amide bonds. The minimum absolute atomic E-state index is 0.932. The Balaban J connectivity index is 1.91. The highest BCUT2D eigenvalue weighted by Gasteiger charge is 2.25. The van der Waals surface area contributed by atoms with Gasteiger partial charge in [-0.25, -0.2) is 0 Å². The average Bonchev–Trinajstić information content (AvgIpc) is 2.94. The fourth-order valence-electron chi connectivity index (χ4n) is 4.16. The Kier molecular flexibility index (Phi) is 4.28. The van der Waals surface area contributed by atoms with E-state index in [-0.39, 0.29) is 0 Å². The lowest BCUT2D eigenvalue weighted by molar-refractivity contribution is 0.931. The minimum atomic E-state index is 0.932. The molecule has 0 aromatic heterocycles. The van der Waals surface area contributed by atoms with Gasteiger partial charge in [-0.15, -0.1) is 6.42 Å². The summed E-state index contributed by atoms with van der Waals surface area (Å²) in [5, 5.41) is 0. The van der Waals surface area contributed by atoms with Crippen molar-refractivity contribution >= 4 is 11.4 Å². The Hall–Kier alpha value is -2.40. The molecule has 0 N–H and O–H groups in total. The zero-order valence-corrected chi connectivity index (χ0v) is 15.4. The summed E-state index contributed by atoms with van der Waals surface area (Å²) in [7, 11) is 0. The van der Waals surface area contributed by atoms with Gasteiger partial charge in [0.05, 0.1) is 6.67 Å². The van der Waals surface area contributed by atoms with Crippen LogP contribution in [0.1, 0.15) is 33.4 Å². The average molecular weight is 318 g/mol. The van der Waals surface area contributed by atoms with E-state index < -0.39 is 0 Å². The predicted octanol–water partition coefficient (Wildman–Crippen LogP) is 4.49. The Bertz CT molecular complexity index is 780. The maximum Gasteiger partial charge on any atom is 0.0904 e. The van der Waals surface area contributed by atoms with Gasteiger partial charge in [0.2, 0.25) is 0 Å². The quantitative estimate of drug-likeness (QED) is 0.753. The largest absolute Gasteiger partial charge is 0.352 e. The van der Waals surface area contributed by atoms with Gasteiger partial charge in [-0.1, -0.05) is 23.6 Å². The van der Waals surface area contributed by atoms with Crippen molar-refractivity contribution in [1.82, 2.24) is 0 Å². The summed E-state index contributed by atoms with van der Waals surface area (Å²) in [5.74, 6) is 2.75. The second-order valence-corrected chi connectivity index (χ2v) is 7.02. The minimum Gasteiger partial charge on any atom is -0.352 e. The van der Waals surface area contributed by atoms with Crippen LogP contribution in [0, 0.1) is 47.0 Å². The van der Waals surface area contributed by atoms with E-state index in [0.29, 0.717) is 0 Å². The van der Waals surface area contributed by atoms with Crippen molar-refractivity contribution in [3.05, 3.63) is 57.6 Å². The van der Waals surface area contributed by atoms with Gasteiger partial charge < -0.3 is 9.80 Å². The summed E-state index contributed by atoms with van der Waals surface area (Å²) in [6.07, 6.45) is 5.56. The van der Waals surface area contributed by atoms with Crippen LogP contribution in [0.5, 0.6) is 0 Å². The van der Waals surface area contributed by atoms with E-state index in [1.807, 2.05) is 0 Å². The summed E-state index contributed by atoms with van der Waals surface area (Å²) in [4.78, 5) is 4.97. The molecule has 1 saturated heterocycles. The highest BCUT2D eigenvalue weighted by Crippen LogP contribution is 2.32. The second-order valence-electron chi connectivity index (χ2n) is 7.02. The van der Waals surface area contributed by atoms with Gasteiger partial charge in [0, 0.05) is 30.0 Å². The summed E-state index contributed by atoms with van der Waals surface area (Å²) < 4.78 is 0. The molecule has 0 atom stereocenters. The Morgan fingerprint density at radius 1 is 0.750 bits per heavy atom. The van der Waals surface area contributed by atoms with Crippen molar-refractivity contribution in [2.24, 2.45) is 0 Å². The highest BCUT2D eigenvalue weighted by atomic mass is 15.4. The number of rotatable bonds is 2. The summed E-state index contributed by atoms with van der Waals surface area (Å²) in [5.41, 5.74) is 10.3. The molecule has 0 aliphatic carbocycles. The number of aryl methyl sites for hydroxylation is 5. The lowest BCUT2D eigenvalue weighted by atomic mass is 10.0. The number of hydrogen-bond donors (Lipinski definition) is 0. The van der Waals surface area contributed by atoms with Crippen molar-refractivity contribution in [1.29, 1.82) is 0 Å².